The average molecular weight is 385 g/mol. The lowest BCUT2D eigenvalue weighted by atomic mass is 10.1. The van der Waals surface area contributed by atoms with Gasteiger partial charge in [0.15, 0.2) is 0 Å². The Hall–Kier alpha value is -3.93. The van der Waals surface area contributed by atoms with E-state index in [2.05, 4.69) is 10.3 Å². The maximum atomic E-state index is 13.3. The van der Waals surface area contributed by atoms with Crippen LogP contribution in [0.2, 0.25) is 0 Å². The fourth-order valence-corrected chi connectivity index (χ4v) is 3.10. The molecule has 1 N–H and O–H groups in total. The van der Waals surface area contributed by atoms with Crippen molar-refractivity contribution in [2.75, 3.05) is 12.4 Å². The summed E-state index contributed by atoms with van der Waals surface area (Å²) in [6, 6.07) is 21.9. The molecule has 6 nitrogen and oxygen atoms in total. The summed E-state index contributed by atoms with van der Waals surface area (Å²) < 4.78 is 6.31. The van der Waals surface area contributed by atoms with Crippen LogP contribution >= 0.6 is 0 Å². The molecule has 0 fully saturated rings. The van der Waals surface area contributed by atoms with Crippen molar-refractivity contribution >= 4 is 28.5 Å². The highest BCUT2D eigenvalue weighted by molar-refractivity contribution is 5.94. The molecule has 0 aliphatic carbocycles. The molecule has 0 aliphatic heterocycles. The number of methoxy groups -OCH3 is 1. The van der Waals surface area contributed by atoms with E-state index in [0.29, 0.717) is 28.1 Å². The quantitative estimate of drug-likeness (QED) is 0.533. The molecule has 4 aromatic rings. The first-order chi connectivity index (χ1) is 14.1. The van der Waals surface area contributed by atoms with E-state index in [9.17, 15) is 9.59 Å². The number of anilines is 2. The molecule has 0 saturated heterocycles. The number of carbonyl (C=O) groups is 1. The summed E-state index contributed by atoms with van der Waals surface area (Å²) in [6.07, 6.45) is 0. The van der Waals surface area contributed by atoms with Crippen molar-refractivity contribution in [2.45, 2.75) is 6.92 Å². The monoisotopic (exact) mass is 385 g/mol. The molecule has 4 rings (SSSR count). The van der Waals surface area contributed by atoms with Crippen molar-refractivity contribution in [2.24, 2.45) is 0 Å². The minimum atomic E-state index is -0.478. The van der Waals surface area contributed by atoms with Gasteiger partial charge in [0, 0.05) is 5.69 Å². The number of hydrogen-bond donors (Lipinski definition) is 1. The first kappa shape index (κ1) is 18.4. The smallest absolute Gasteiger partial charge is 0.337 e. The number of nitrogens with one attached hydrogen (secondary N) is 1. The normalized spacial score (nSPS) is 10.7. The largest absolute Gasteiger partial charge is 0.465 e. The lowest BCUT2D eigenvalue weighted by Crippen LogP contribution is -2.23. The summed E-state index contributed by atoms with van der Waals surface area (Å²) in [5.41, 5.74) is 3.11. The molecular formula is C23H19N3O3. The van der Waals surface area contributed by atoms with Gasteiger partial charge in [-0.2, -0.15) is 0 Å². The standard InChI is InChI=1S/C23H19N3O3/c1-15-8-11-18(12-9-15)26-21(27)19-13-10-16(22(28)29-2)14-20(19)25-23(26)24-17-6-4-3-5-7-17/h3-14H,1-2H3,(H,24,25). The number of aryl methyl sites for hydroxylation is 1. The Balaban J connectivity index is 1.96. The van der Waals surface area contributed by atoms with Gasteiger partial charge < -0.3 is 10.1 Å². The van der Waals surface area contributed by atoms with E-state index in [4.69, 9.17) is 4.74 Å². The summed E-state index contributed by atoms with van der Waals surface area (Å²) in [5.74, 6) is -0.117. The summed E-state index contributed by atoms with van der Waals surface area (Å²) in [5, 5.41) is 3.63. The zero-order valence-corrected chi connectivity index (χ0v) is 16.0. The molecule has 0 saturated carbocycles. The molecule has 1 aromatic heterocycles. The Morgan fingerprint density at radius 1 is 1.00 bits per heavy atom. The maximum Gasteiger partial charge on any atom is 0.337 e. The lowest BCUT2D eigenvalue weighted by molar-refractivity contribution is 0.0601. The third kappa shape index (κ3) is 3.60. The topological polar surface area (TPSA) is 73.2 Å². The highest BCUT2D eigenvalue weighted by Gasteiger charge is 2.15. The van der Waals surface area contributed by atoms with E-state index in [-0.39, 0.29) is 5.56 Å². The van der Waals surface area contributed by atoms with E-state index in [0.717, 1.165) is 11.3 Å². The first-order valence-corrected chi connectivity index (χ1v) is 9.11. The number of esters is 1. The molecule has 0 amide bonds. The molecule has 29 heavy (non-hydrogen) atoms. The van der Waals surface area contributed by atoms with Crippen LogP contribution < -0.4 is 10.9 Å². The van der Waals surface area contributed by atoms with Crippen molar-refractivity contribution in [3.05, 3.63) is 94.3 Å². The molecule has 0 radical (unpaired) electrons. The molecule has 0 unspecified atom stereocenters. The molecule has 0 spiro atoms. The van der Waals surface area contributed by atoms with Crippen LogP contribution in [0.5, 0.6) is 0 Å². The minimum Gasteiger partial charge on any atom is -0.465 e. The molecule has 3 aromatic carbocycles. The highest BCUT2D eigenvalue weighted by atomic mass is 16.5. The zero-order chi connectivity index (χ0) is 20.4. The van der Waals surface area contributed by atoms with Gasteiger partial charge in [-0.05, 0) is 49.4 Å². The van der Waals surface area contributed by atoms with Gasteiger partial charge in [-0.3, -0.25) is 4.79 Å². The van der Waals surface area contributed by atoms with Gasteiger partial charge >= 0.3 is 5.97 Å². The van der Waals surface area contributed by atoms with Gasteiger partial charge in [0.2, 0.25) is 5.95 Å². The van der Waals surface area contributed by atoms with Crippen molar-refractivity contribution in [3.63, 3.8) is 0 Å². The molecule has 1 heterocycles. The van der Waals surface area contributed by atoms with Crippen molar-refractivity contribution in [1.82, 2.24) is 9.55 Å². The molecular weight excluding hydrogens is 366 g/mol. The fraction of sp³-hybridized carbons (Fsp3) is 0.0870. The van der Waals surface area contributed by atoms with Crippen molar-refractivity contribution in [3.8, 4) is 5.69 Å². The second-order valence-electron chi connectivity index (χ2n) is 6.63. The first-order valence-electron chi connectivity index (χ1n) is 9.11. The van der Waals surface area contributed by atoms with Gasteiger partial charge in [-0.25, -0.2) is 14.3 Å². The number of carbonyl (C=O) groups excluding carboxylic acids is 1. The molecule has 0 atom stereocenters. The summed E-state index contributed by atoms with van der Waals surface area (Å²) in [7, 11) is 1.32. The Kier molecular flexibility index (Phi) is 4.83. The van der Waals surface area contributed by atoms with Gasteiger partial charge in [0.1, 0.15) is 0 Å². The predicted molar refractivity (Wildman–Crippen MR) is 113 cm³/mol. The number of fused-ring (bicyclic) bond motifs is 1. The Morgan fingerprint density at radius 2 is 1.72 bits per heavy atom. The summed E-state index contributed by atoms with van der Waals surface area (Å²) in [6.45, 7) is 1.99. The number of hydrogen-bond acceptors (Lipinski definition) is 5. The van der Waals surface area contributed by atoms with Crippen LogP contribution in [0, 0.1) is 6.92 Å². The van der Waals surface area contributed by atoms with E-state index in [1.165, 1.54) is 11.7 Å². The van der Waals surface area contributed by atoms with Gasteiger partial charge in [0.05, 0.1) is 29.3 Å². The second kappa shape index (κ2) is 7.59. The predicted octanol–water partition coefficient (Wildman–Crippen LogP) is 4.22. The van der Waals surface area contributed by atoms with Crippen LogP contribution in [-0.4, -0.2) is 22.6 Å². The Morgan fingerprint density at radius 3 is 2.41 bits per heavy atom. The number of benzene rings is 3. The van der Waals surface area contributed by atoms with E-state index >= 15 is 0 Å². The highest BCUT2D eigenvalue weighted by Crippen LogP contribution is 2.21. The number of nitrogens with zero attached hydrogens (tertiary/aromatic N) is 2. The van der Waals surface area contributed by atoms with E-state index in [1.54, 1.807) is 18.2 Å². The number of aromatic nitrogens is 2. The van der Waals surface area contributed by atoms with Crippen LogP contribution in [0.4, 0.5) is 11.6 Å². The average Bonchev–Trinajstić information content (AvgIpc) is 2.75. The van der Waals surface area contributed by atoms with Crippen molar-refractivity contribution < 1.29 is 9.53 Å². The van der Waals surface area contributed by atoms with Gasteiger partial charge in [0.25, 0.3) is 5.56 Å². The second-order valence-corrected chi connectivity index (χ2v) is 6.63. The molecule has 6 heteroatoms. The fourth-order valence-electron chi connectivity index (χ4n) is 3.10. The number of para-hydroxylation sites is 1. The Labute approximate surface area is 167 Å². The zero-order valence-electron chi connectivity index (χ0n) is 16.0. The van der Waals surface area contributed by atoms with Gasteiger partial charge in [-0.1, -0.05) is 35.9 Å². The number of ether oxygens (including phenoxy) is 1. The lowest BCUT2D eigenvalue weighted by Gasteiger charge is -2.15. The summed E-state index contributed by atoms with van der Waals surface area (Å²) >= 11 is 0. The maximum absolute atomic E-state index is 13.3. The van der Waals surface area contributed by atoms with Crippen molar-refractivity contribution in [1.29, 1.82) is 0 Å². The van der Waals surface area contributed by atoms with Crippen LogP contribution in [0.25, 0.3) is 16.6 Å². The minimum absolute atomic E-state index is 0.228. The van der Waals surface area contributed by atoms with Crippen LogP contribution in [0.1, 0.15) is 15.9 Å². The van der Waals surface area contributed by atoms with Crippen LogP contribution in [0.3, 0.4) is 0 Å². The molecule has 0 aliphatic rings. The Bertz CT molecular complexity index is 1250. The van der Waals surface area contributed by atoms with Gasteiger partial charge in [-0.15, -0.1) is 0 Å². The molecule has 0 bridgehead atoms. The SMILES string of the molecule is COC(=O)c1ccc2c(=O)n(-c3ccc(C)cc3)c(Nc3ccccc3)nc2c1. The summed E-state index contributed by atoms with van der Waals surface area (Å²) in [4.78, 5) is 29.9. The third-order valence-electron chi connectivity index (χ3n) is 4.61. The van der Waals surface area contributed by atoms with E-state index in [1.807, 2.05) is 61.5 Å². The van der Waals surface area contributed by atoms with E-state index < -0.39 is 5.97 Å². The molecule has 144 valence electrons. The third-order valence-corrected chi connectivity index (χ3v) is 4.61. The number of rotatable bonds is 4. The van der Waals surface area contributed by atoms with Crippen LogP contribution in [0.15, 0.2) is 77.6 Å². The van der Waals surface area contributed by atoms with Crippen LogP contribution in [-0.2, 0) is 4.74 Å².